The second kappa shape index (κ2) is 8.76. The zero-order valence-electron chi connectivity index (χ0n) is 8.76. The van der Waals surface area contributed by atoms with E-state index in [0.29, 0.717) is 5.94 Å². The maximum atomic E-state index is 6.15. The quantitative estimate of drug-likeness (QED) is 0.407. The summed E-state index contributed by atoms with van der Waals surface area (Å²) < 4.78 is 6.35. The van der Waals surface area contributed by atoms with Gasteiger partial charge in [-0.3, -0.25) is 0 Å². The molecule has 6 heteroatoms. The summed E-state index contributed by atoms with van der Waals surface area (Å²) >= 11 is -1.44. The Morgan fingerprint density at radius 1 is 1.50 bits per heavy atom. The third kappa shape index (κ3) is 10.2. The van der Waals surface area contributed by atoms with Gasteiger partial charge in [-0.1, -0.05) is 0 Å². The summed E-state index contributed by atoms with van der Waals surface area (Å²) in [6.45, 7) is 4.08. The van der Waals surface area contributed by atoms with Crippen molar-refractivity contribution in [2.45, 2.75) is 37.2 Å². The standard InChI is InChI=1S/C5H12N.C3H7OS.2ClH.Sn/c1-3-4-5(2)6;1-2-5-3-4;;;/h5H,1,3-4,6H2,2H3;2-3H2,1H3;2*1H;/q;-1;;;+3/p-2. The third-order valence-electron chi connectivity index (χ3n) is 1.68. The van der Waals surface area contributed by atoms with Crippen LogP contribution in [0.1, 0.15) is 26.7 Å². The Balaban J connectivity index is 3.50. The first-order chi connectivity index (χ1) is 6.48. The minimum absolute atomic E-state index is 0.232. The summed E-state index contributed by atoms with van der Waals surface area (Å²) in [6.07, 6.45) is 1.96. The first-order valence-corrected chi connectivity index (χ1v) is 16.4. The fraction of sp³-hybridized carbons (Fsp3) is 1.00. The molecule has 2 nitrogen and oxygen atoms in total. The van der Waals surface area contributed by atoms with Gasteiger partial charge in [-0.05, 0) is 0 Å². The van der Waals surface area contributed by atoms with Gasteiger partial charge in [-0.2, -0.15) is 0 Å². The fourth-order valence-electron chi connectivity index (χ4n) is 0.913. The van der Waals surface area contributed by atoms with Gasteiger partial charge in [0.2, 0.25) is 0 Å². The van der Waals surface area contributed by atoms with E-state index in [0.717, 1.165) is 23.0 Å². The van der Waals surface area contributed by atoms with Crippen LogP contribution in [0.3, 0.4) is 0 Å². The van der Waals surface area contributed by atoms with Crippen LogP contribution in [0.2, 0.25) is 4.44 Å². The second-order valence-electron chi connectivity index (χ2n) is 3.26. The van der Waals surface area contributed by atoms with Gasteiger partial charge < -0.3 is 0 Å². The SMILES string of the molecule is CCSC[O][Sn]([Cl])([Cl])[CH2]CCC(C)N. The van der Waals surface area contributed by atoms with Crippen LogP contribution < -0.4 is 5.73 Å². The van der Waals surface area contributed by atoms with E-state index >= 15 is 0 Å². The molecule has 0 bridgehead atoms. The zero-order valence-corrected chi connectivity index (χ0v) is 13.9. The molecule has 0 saturated carbocycles. The molecule has 86 valence electrons. The van der Waals surface area contributed by atoms with Crippen LogP contribution >= 0.6 is 29.6 Å². The van der Waals surface area contributed by atoms with Crippen molar-refractivity contribution in [1.29, 1.82) is 0 Å². The molecule has 0 aliphatic rings. The summed E-state index contributed by atoms with van der Waals surface area (Å²) in [4.78, 5) is 0. The molecule has 1 atom stereocenters. The molecule has 0 spiro atoms. The maximum absolute atomic E-state index is 6.15. The van der Waals surface area contributed by atoms with Crippen molar-refractivity contribution in [2.24, 2.45) is 5.73 Å². The van der Waals surface area contributed by atoms with E-state index in [2.05, 4.69) is 6.92 Å². The molecular weight excluding hydrogens is 348 g/mol. The summed E-state index contributed by atoms with van der Waals surface area (Å²) in [5, 5.41) is 0. The van der Waals surface area contributed by atoms with E-state index in [1.807, 2.05) is 6.92 Å². The van der Waals surface area contributed by atoms with Crippen molar-refractivity contribution in [3.05, 3.63) is 0 Å². The molecule has 0 fully saturated rings. The van der Waals surface area contributed by atoms with Crippen molar-refractivity contribution < 1.29 is 3.07 Å². The molecule has 0 aliphatic heterocycles. The molecule has 2 N–H and O–H groups in total. The van der Waals surface area contributed by atoms with E-state index in [-0.39, 0.29) is 6.04 Å². The Hall–Kier alpha value is 1.65. The van der Waals surface area contributed by atoms with Crippen molar-refractivity contribution >= 4 is 46.1 Å². The molecule has 0 radical (unpaired) electrons. The Morgan fingerprint density at radius 3 is 2.64 bits per heavy atom. The van der Waals surface area contributed by atoms with Crippen LogP contribution in [0.4, 0.5) is 0 Å². The normalized spacial score (nSPS) is 14.4. The first kappa shape index (κ1) is 15.6. The zero-order chi connectivity index (χ0) is 11.0. The Kier molecular flexibility index (Phi) is 9.79. The molecule has 0 aromatic carbocycles. The van der Waals surface area contributed by atoms with Crippen LogP contribution in [0.5, 0.6) is 0 Å². The average Bonchev–Trinajstić information content (AvgIpc) is 2.03. The summed E-state index contributed by atoms with van der Waals surface area (Å²) in [5.74, 6) is 1.67. The molecule has 14 heavy (non-hydrogen) atoms. The van der Waals surface area contributed by atoms with Crippen molar-refractivity contribution in [2.75, 3.05) is 11.7 Å². The number of thioether (sulfide) groups is 1. The number of rotatable bonds is 8. The first-order valence-electron chi connectivity index (χ1n) is 4.83. The summed E-state index contributed by atoms with van der Waals surface area (Å²) in [7, 11) is 12.3. The van der Waals surface area contributed by atoms with Gasteiger partial charge in [0.1, 0.15) is 0 Å². The molecular formula is C8H19Cl2NOSSn. The van der Waals surface area contributed by atoms with E-state index in [9.17, 15) is 0 Å². The molecule has 0 rings (SSSR count). The molecule has 0 aromatic heterocycles. The van der Waals surface area contributed by atoms with Crippen LogP contribution in [0.15, 0.2) is 0 Å². The van der Waals surface area contributed by atoms with Gasteiger partial charge in [0.05, 0.1) is 0 Å². The molecule has 0 saturated heterocycles. The van der Waals surface area contributed by atoms with Crippen LogP contribution in [0.25, 0.3) is 0 Å². The van der Waals surface area contributed by atoms with E-state index in [4.69, 9.17) is 26.7 Å². The summed E-state index contributed by atoms with van der Waals surface area (Å²) in [6, 6.07) is 0.232. The van der Waals surface area contributed by atoms with E-state index in [1.54, 1.807) is 11.8 Å². The van der Waals surface area contributed by atoms with E-state index in [1.165, 1.54) is 0 Å². The number of hydrogen-bond donors (Lipinski definition) is 1. The Bertz CT molecular complexity index is 149. The second-order valence-corrected chi connectivity index (χ2v) is 19.9. The Morgan fingerprint density at radius 2 is 2.14 bits per heavy atom. The van der Waals surface area contributed by atoms with E-state index < -0.39 is 16.5 Å². The molecule has 0 amide bonds. The number of hydrogen-bond acceptors (Lipinski definition) is 3. The van der Waals surface area contributed by atoms with Gasteiger partial charge in [-0.25, -0.2) is 0 Å². The van der Waals surface area contributed by atoms with Crippen LogP contribution in [-0.4, -0.2) is 34.3 Å². The van der Waals surface area contributed by atoms with Gasteiger partial charge in [-0.15, -0.1) is 0 Å². The summed E-state index contributed by atoms with van der Waals surface area (Å²) in [5.41, 5.74) is 5.64. The third-order valence-corrected chi connectivity index (χ3v) is 11.3. The molecule has 0 aliphatic carbocycles. The molecule has 0 heterocycles. The van der Waals surface area contributed by atoms with Crippen molar-refractivity contribution in [3.63, 3.8) is 0 Å². The van der Waals surface area contributed by atoms with Gasteiger partial charge in [0.15, 0.2) is 0 Å². The number of halogens is 2. The topological polar surface area (TPSA) is 35.2 Å². The predicted molar refractivity (Wildman–Crippen MR) is 69.2 cm³/mol. The van der Waals surface area contributed by atoms with Crippen LogP contribution in [0, 0.1) is 0 Å². The van der Waals surface area contributed by atoms with Crippen molar-refractivity contribution in [3.8, 4) is 0 Å². The molecule has 0 aromatic rings. The van der Waals surface area contributed by atoms with Crippen molar-refractivity contribution in [1.82, 2.24) is 0 Å². The van der Waals surface area contributed by atoms with Gasteiger partial charge in [0, 0.05) is 0 Å². The monoisotopic (exact) mass is 367 g/mol. The Labute approximate surface area is 103 Å². The predicted octanol–water partition coefficient (Wildman–Crippen LogP) is 3.26. The van der Waals surface area contributed by atoms with Gasteiger partial charge in [0.25, 0.3) is 0 Å². The van der Waals surface area contributed by atoms with Crippen LogP contribution in [-0.2, 0) is 3.07 Å². The fourth-order valence-corrected chi connectivity index (χ4v) is 9.28. The molecule has 1 unspecified atom stereocenters. The minimum atomic E-state index is -3.15. The van der Waals surface area contributed by atoms with Gasteiger partial charge >= 0.3 is 104 Å². The average molecular weight is 367 g/mol. The number of nitrogens with two attached hydrogens (primary N) is 1.